The number of rotatable bonds is 4. The second kappa shape index (κ2) is 9.84. The fourth-order valence-corrected chi connectivity index (χ4v) is 7.83. The van der Waals surface area contributed by atoms with Gasteiger partial charge >= 0.3 is 0 Å². The average Bonchev–Trinajstić information content (AvgIpc) is 3.58. The number of anilines is 2. The predicted molar refractivity (Wildman–Crippen MR) is 189 cm³/mol. The molecule has 1 unspecified atom stereocenters. The number of para-hydroxylation sites is 1. The van der Waals surface area contributed by atoms with Crippen molar-refractivity contribution in [3.63, 3.8) is 0 Å². The Labute approximate surface area is 263 Å². The molecular formula is C43H33NO. The molecule has 2 nitrogen and oxygen atoms in total. The molecule has 9 rings (SSSR count). The number of allylic oxidation sites excluding steroid dienone is 3. The van der Waals surface area contributed by atoms with Crippen LogP contribution in [-0.4, -0.2) is 0 Å². The van der Waals surface area contributed by atoms with Crippen LogP contribution in [0.2, 0.25) is 0 Å². The van der Waals surface area contributed by atoms with Gasteiger partial charge in [0.25, 0.3) is 0 Å². The van der Waals surface area contributed by atoms with Gasteiger partial charge in [0.2, 0.25) is 0 Å². The lowest BCUT2D eigenvalue weighted by Crippen LogP contribution is -2.26. The highest BCUT2D eigenvalue weighted by atomic mass is 16.3. The zero-order valence-electron chi connectivity index (χ0n) is 25.5. The van der Waals surface area contributed by atoms with Gasteiger partial charge in [0.15, 0.2) is 0 Å². The number of nitrogens with zero attached hydrogens (tertiary/aromatic N) is 1. The molecule has 0 N–H and O–H groups in total. The van der Waals surface area contributed by atoms with Crippen molar-refractivity contribution in [2.75, 3.05) is 4.90 Å². The largest absolute Gasteiger partial charge is 0.456 e. The van der Waals surface area contributed by atoms with Crippen LogP contribution in [0.4, 0.5) is 11.4 Å². The molecule has 0 saturated heterocycles. The Morgan fingerprint density at radius 1 is 0.644 bits per heavy atom. The SMILES string of the molecule is CC1(C)c2ccccc2C2=CC(N(c3ccc(-c4ccccc4)cc3)c3ccc4c(ccc5oc6ccccc6c54)c3)=CCC21. The number of furan rings is 1. The van der Waals surface area contributed by atoms with Crippen LogP contribution in [0.25, 0.3) is 49.4 Å². The first kappa shape index (κ1) is 26.1. The third-order valence-electron chi connectivity index (χ3n) is 10.1. The molecular weight excluding hydrogens is 546 g/mol. The van der Waals surface area contributed by atoms with Crippen molar-refractivity contribution in [1.29, 1.82) is 0 Å². The van der Waals surface area contributed by atoms with Crippen LogP contribution in [0.3, 0.4) is 0 Å². The van der Waals surface area contributed by atoms with Crippen molar-refractivity contribution in [1.82, 2.24) is 0 Å². The maximum Gasteiger partial charge on any atom is 0.136 e. The van der Waals surface area contributed by atoms with Gasteiger partial charge in [0.05, 0.1) is 0 Å². The van der Waals surface area contributed by atoms with Crippen LogP contribution in [0.15, 0.2) is 156 Å². The van der Waals surface area contributed by atoms with Crippen LogP contribution >= 0.6 is 0 Å². The van der Waals surface area contributed by atoms with Crippen molar-refractivity contribution in [3.05, 3.63) is 162 Å². The summed E-state index contributed by atoms with van der Waals surface area (Å²) in [6.45, 7) is 4.81. The van der Waals surface area contributed by atoms with E-state index in [1.807, 2.05) is 6.07 Å². The molecule has 2 aliphatic carbocycles. The molecule has 216 valence electrons. The molecule has 6 aromatic carbocycles. The highest BCUT2D eigenvalue weighted by Gasteiger charge is 2.43. The van der Waals surface area contributed by atoms with Crippen molar-refractivity contribution >= 4 is 49.7 Å². The Morgan fingerprint density at radius 2 is 1.38 bits per heavy atom. The Morgan fingerprint density at radius 3 is 2.24 bits per heavy atom. The predicted octanol–water partition coefficient (Wildman–Crippen LogP) is 11.8. The van der Waals surface area contributed by atoms with Crippen LogP contribution in [0.1, 0.15) is 31.4 Å². The summed E-state index contributed by atoms with van der Waals surface area (Å²) in [4.78, 5) is 2.43. The summed E-state index contributed by atoms with van der Waals surface area (Å²) < 4.78 is 6.21. The van der Waals surface area contributed by atoms with Gasteiger partial charge in [-0.15, -0.1) is 0 Å². The fraction of sp³-hybridized carbons (Fsp3) is 0.116. The Bertz CT molecular complexity index is 2320. The third kappa shape index (κ3) is 4.02. The molecule has 45 heavy (non-hydrogen) atoms. The van der Waals surface area contributed by atoms with E-state index in [0.717, 1.165) is 34.3 Å². The molecule has 2 heteroatoms. The number of hydrogen-bond acceptors (Lipinski definition) is 2. The van der Waals surface area contributed by atoms with E-state index >= 15 is 0 Å². The van der Waals surface area contributed by atoms with Crippen LogP contribution in [0, 0.1) is 5.92 Å². The van der Waals surface area contributed by atoms with Gasteiger partial charge in [0, 0.05) is 27.8 Å². The minimum Gasteiger partial charge on any atom is -0.456 e. The lowest BCUT2D eigenvalue weighted by atomic mass is 9.74. The summed E-state index contributed by atoms with van der Waals surface area (Å²) >= 11 is 0. The summed E-state index contributed by atoms with van der Waals surface area (Å²) in [5, 5.41) is 4.75. The quantitative estimate of drug-likeness (QED) is 0.206. The van der Waals surface area contributed by atoms with E-state index < -0.39 is 0 Å². The van der Waals surface area contributed by atoms with Gasteiger partial charge in [-0.1, -0.05) is 117 Å². The molecule has 0 amide bonds. The summed E-state index contributed by atoms with van der Waals surface area (Å²) in [6, 6.07) is 48.1. The lowest BCUT2D eigenvalue weighted by Gasteiger charge is -2.33. The van der Waals surface area contributed by atoms with E-state index in [1.165, 1.54) is 49.7 Å². The molecule has 0 fully saturated rings. The third-order valence-corrected chi connectivity index (χ3v) is 10.1. The molecule has 7 aromatic rings. The minimum absolute atomic E-state index is 0.105. The van der Waals surface area contributed by atoms with Gasteiger partial charge in [-0.3, -0.25) is 0 Å². The average molecular weight is 580 g/mol. The first-order chi connectivity index (χ1) is 22.1. The van der Waals surface area contributed by atoms with Crippen molar-refractivity contribution in [3.8, 4) is 11.1 Å². The molecule has 2 aliphatic rings. The maximum absolute atomic E-state index is 6.21. The molecule has 1 atom stereocenters. The molecule has 0 bridgehead atoms. The van der Waals surface area contributed by atoms with Crippen molar-refractivity contribution < 1.29 is 4.42 Å². The number of fused-ring (bicyclic) bond motifs is 8. The van der Waals surface area contributed by atoms with Gasteiger partial charge in [-0.2, -0.15) is 0 Å². The minimum atomic E-state index is 0.105. The zero-order chi connectivity index (χ0) is 30.1. The Balaban J connectivity index is 1.21. The van der Waals surface area contributed by atoms with E-state index in [2.05, 4.69) is 158 Å². The van der Waals surface area contributed by atoms with Gasteiger partial charge < -0.3 is 9.32 Å². The fourth-order valence-electron chi connectivity index (χ4n) is 7.83. The molecule has 0 spiro atoms. The lowest BCUT2D eigenvalue weighted by molar-refractivity contribution is 0.413. The summed E-state index contributed by atoms with van der Waals surface area (Å²) in [6.07, 6.45) is 5.91. The van der Waals surface area contributed by atoms with E-state index in [1.54, 1.807) is 0 Å². The normalized spacial score (nSPS) is 16.8. The number of benzene rings is 6. The summed E-state index contributed by atoms with van der Waals surface area (Å²) in [5.74, 6) is 0.472. The van der Waals surface area contributed by atoms with E-state index in [4.69, 9.17) is 4.42 Å². The Kier molecular flexibility index (Phi) is 5.70. The highest BCUT2D eigenvalue weighted by Crippen LogP contribution is 2.54. The van der Waals surface area contributed by atoms with Gasteiger partial charge in [-0.25, -0.2) is 0 Å². The van der Waals surface area contributed by atoms with E-state index in [0.29, 0.717) is 5.92 Å². The first-order valence-corrected chi connectivity index (χ1v) is 15.9. The topological polar surface area (TPSA) is 16.4 Å². The van der Waals surface area contributed by atoms with Gasteiger partial charge in [0.1, 0.15) is 11.2 Å². The van der Waals surface area contributed by atoms with E-state index in [9.17, 15) is 0 Å². The molecule has 0 aliphatic heterocycles. The van der Waals surface area contributed by atoms with Crippen molar-refractivity contribution in [2.24, 2.45) is 5.92 Å². The Hall–Kier alpha value is -5.34. The maximum atomic E-state index is 6.21. The van der Waals surface area contributed by atoms with Crippen molar-refractivity contribution in [2.45, 2.75) is 25.7 Å². The van der Waals surface area contributed by atoms with Gasteiger partial charge in [-0.05, 0) is 98.8 Å². The monoisotopic (exact) mass is 579 g/mol. The molecule has 1 aromatic heterocycles. The second-order valence-electron chi connectivity index (χ2n) is 13.0. The molecule has 1 heterocycles. The molecule has 0 saturated carbocycles. The van der Waals surface area contributed by atoms with E-state index in [-0.39, 0.29) is 5.41 Å². The smallest absolute Gasteiger partial charge is 0.136 e. The van der Waals surface area contributed by atoms with Crippen LogP contribution < -0.4 is 4.90 Å². The first-order valence-electron chi connectivity index (χ1n) is 15.9. The zero-order valence-corrected chi connectivity index (χ0v) is 25.5. The summed E-state index contributed by atoms with van der Waals surface area (Å²) in [5.41, 5.74) is 12.2. The number of hydrogen-bond donors (Lipinski definition) is 0. The van der Waals surface area contributed by atoms with Crippen LogP contribution in [-0.2, 0) is 5.41 Å². The standard InChI is InChI=1S/C43H33NO/c1-43(2)38-14-8-6-12-35(38)37-27-33(22-24-39(37)43)44(31-19-16-29(17-20-31)28-10-4-3-5-11-28)32-21-23-34-30(26-32)18-25-41-42(34)36-13-7-9-15-40(36)45-41/h3-23,25-27,39H,24H2,1-2H3. The second-order valence-corrected chi connectivity index (χ2v) is 13.0. The highest BCUT2D eigenvalue weighted by molar-refractivity contribution is 6.19. The van der Waals surface area contributed by atoms with Crippen LogP contribution in [0.5, 0.6) is 0 Å². The molecule has 0 radical (unpaired) electrons. The summed E-state index contributed by atoms with van der Waals surface area (Å²) in [7, 11) is 0.